The highest BCUT2D eigenvalue weighted by molar-refractivity contribution is 5.83. The van der Waals surface area contributed by atoms with Crippen molar-refractivity contribution in [2.24, 2.45) is 5.92 Å². The molecule has 336 valence electrons. The van der Waals surface area contributed by atoms with E-state index in [0.29, 0.717) is 39.0 Å². The monoisotopic (exact) mass is 860 g/mol. The maximum Gasteiger partial charge on any atom is 0.408 e. The summed E-state index contributed by atoms with van der Waals surface area (Å²) in [5, 5.41) is 21.0. The van der Waals surface area contributed by atoms with Gasteiger partial charge in [0.25, 0.3) is 0 Å². The zero-order valence-electron chi connectivity index (χ0n) is 37.5. The molecular weight excluding hydrogens is 797 g/mol. The van der Waals surface area contributed by atoms with Crippen LogP contribution in [0, 0.1) is 5.92 Å². The maximum atomic E-state index is 14.6. The summed E-state index contributed by atoms with van der Waals surface area (Å²) in [6.45, 7) is 13.7. The fourth-order valence-corrected chi connectivity index (χ4v) is 8.38. The van der Waals surface area contributed by atoms with Crippen LogP contribution in [0.5, 0.6) is 0 Å². The number of hydrogen-bond donors (Lipinski definition) is 4. The van der Waals surface area contributed by atoms with Gasteiger partial charge in [-0.25, -0.2) is 9.59 Å². The summed E-state index contributed by atoms with van der Waals surface area (Å²) in [4.78, 5) is 64.0. The molecule has 0 saturated carbocycles. The number of rotatable bonds is 16. The number of aliphatic hydroxyl groups excluding tert-OH is 1. The smallest absolute Gasteiger partial charge is 0.408 e. The summed E-state index contributed by atoms with van der Waals surface area (Å²) in [5.74, 6) is -1.72. The van der Waals surface area contributed by atoms with E-state index in [1.807, 2.05) is 129 Å². The third-order valence-electron chi connectivity index (χ3n) is 11.2. The Morgan fingerprint density at radius 3 is 2.13 bits per heavy atom. The fourth-order valence-electron chi connectivity index (χ4n) is 8.38. The number of hydrogen-bond acceptors (Lipinski definition) is 10. The van der Waals surface area contributed by atoms with E-state index < -0.39 is 59.5 Å². The largest absolute Gasteiger partial charge is 0.458 e. The van der Waals surface area contributed by atoms with Gasteiger partial charge in [0, 0.05) is 69.4 Å². The molecule has 1 saturated heterocycles. The number of nitrogens with zero attached hydrogens (tertiary/aromatic N) is 3. The van der Waals surface area contributed by atoms with Crippen LogP contribution in [0.2, 0.25) is 0 Å². The van der Waals surface area contributed by atoms with Crippen LogP contribution in [-0.4, -0.2) is 105 Å². The minimum absolute atomic E-state index is 0.114. The number of fused-ring (bicyclic) bond motifs is 1. The SMILES string of the molecule is CC(C)(C)NC(=O)[C@@H]1CN(Cc2cccnc2)CCN1C[C@@H](O)C[C@@H](Cc1ccccc1)C(=O)N[C@H]1c2ccccc2C[C@H]1OC(=O)[C@H](Cc1ccccc1)NC(=O)OC(C)(C)C. The number of piperazine rings is 1. The Morgan fingerprint density at radius 2 is 1.48 bits per heavy atom. The molecule has 0 spiro atoms. The summed E-state index contributed by atoms with van der Waals surface area (Å²) in [6, 6.07) is 28.4. The van der Waals surface area contributed by atoms with E-state index in [2.05, 4.69) is 25.8 Å². The number of carbonyl (C=O) groups excluding carboxylic acids is 4. The quantitative estimate of drug-likeness (QED) is 0.105. The van der Waals surface area contributed by atoms with Gasteiger partial charge in [-0.2, -0.15) is 0 Å². The zero-order valence-corrected chi connectivity index (χ0v) is 37.5. The molecule has 0 radical (unpaired) electrons. The lowest BCUT2D eigenvalue weighted by atomic mass is 9.91. The van der Waals surface area contributed by atoms with Crippen LogP contribution < -0.4 is 16.0 Å². The third kappa shape index (κ3) is 14.2. The Balaban J connectivity index is 1.19. The first-order valence-corrected chi connectivity index (χ1v) is 22.0. The van der Waals surface area contributed by atoms with Gasteiger partial charge < -0.3 is 30.5 Å². The fraction of sp³-hybridized carbons (Fsp3) is 0.460. The number of aromatic nitrogens is 1. The van der Waals surface area contributed by atoms with Gasteiger partial charge in [0.15, 0.2) is 0 Å². The number of carbonyl (C=O) groups is 4. The van der Waals surface area contributed by atoms with Crippen LogP contribution in [-0.2, 0) is 49.7 Å². The van der Waals surface area contributed by atoms with Crippen molar-refractivity contribution in [1.29, 1.82) is 0 Å². The Morgan fingerprint density at radius 1 is 0.825 bits per heavy atom. The van der Waals surface area contributed by atoms with Crippen molar-refractivity contribution in [2.75, 3.05) is 26.2 Å². The number of pyridine rings is 1. The minimum atomic E-state index is -1.06. The average molecular weight is 861 g/mol. The molecule has 63 heavy (non-hydrogen) atoms. The molecule has 6 rings (SSSR count). The summed E-state index contributed by atoms with van der Waals surface area (Å²) in [5.41, 5.74) is 3.35. The summed E-state index contributed by atoms with van der Waals surface area (Å²) >= 11 is 0. The van der Waals surface area contributed by atoms with Gasteiger partial charge in [-0.05, 0) is 88.3 Å². The molecule has 13 nitrogen and oxygen atoms in total. The second kappa shape index (κ2) is 21.2. The number of esters is 1. The standard InChI is InChI=1S/C50H64N6O7/c1-49(2,3)54-46(59)42-33-55(31-36-20-15-23-51-30-36)24-25-56(42)32-39(57)28-38(26-34-16-9-7-10-17-34)45(58)53-44-40-22-14-13-21-37(40)29-43(44)62-47(60)41(27-35-18-11-8-12-19-35)52-48(61)63-50(4,5)6/h7-23,30,38-39,41-44,57H,24-29,31-33H2,1-6H3,(H,52,61)(H,53,58)(H,54,59)/t38-,39+,41+,42+,43-,44+/m1/s1. The van der Waals surface area contributed by atoms with E-state index in [0.717, 1.165) is 27.8 Å². The number of alkyl carbamates (subject to hydrolysis) is 1. The molecule has 3 amide bonds. The van der Waals surface area contributed by atoms with E-state index in [1.54, 1.807) is 27.0 Å². The van der Waals surface area contributed by atoms with E-state index in [9.17, 15) is 24.3 Å². The van der Waals surface area contributed by atoms with Gasteiger partial charge in [-0.15, -0.1) is 0 Å². The van der Waals surface area contributed by atoms with E-state index in [-0.39, 0.29) is 31.2 Å². The van der Waals surface area contributed by atoms with E-state index in [4.69, 9.17) is 9.47 Å². The van der Waals surface area contributed by atoms with Crippen LogP contribution in [0.25, 0.3) is 0 Å². The van der Waals surface area contributed by atoms with Gasteiger partial charge in [0.05, 0.1) is 12.1 Å². The van der Waals surface area contributed by atoms with Crippen LogP contribution in [0.3, 0.4) is 0 Å². The van der Waals surface area contributed by atoms with Gasteiger partial charge in [0.2, 0.25) is 11.8 Å². The van der Waals surface area contributed by atoms with E-state index in [1.165, 1.54) is 0 Å². The summed E-state index contributed by atoms with van der Waals surface area (Å²) in [7, 11) is 0. The average Bonchev–Trinajstić information content (AvgIpc) is 3.56. The van der Waals surface area contributed by atoms with E-state index >= 15 is 0 Å². The summed E-state index contributed by atoms with van der Waals surface area (Å²) in [6.07, 6.45) is 2.13. The molecule has 0 unspecified atom stereocenters. The predicted molar refractivity (Wildman–Crippen MR) is 241 cm³/mol. The number of ether oxygens (including phenoxy) is 2. The number of β-amino-alcohol motifs (C(OH)–C–C–N with tert-alkyl or cyclic N) is 1. The van der Waals surface area contributed by atoms with Crippen molar-refractivity contribution in [1.82, 2.24) is 30.7 Å². The molecule has 1 aliphatic heterocycles. The molecule has 13 heteroatoms. The summed E-state index contributed by atoms with van der Waals surface area (Å²) < 4.78 is 11.7. The second-order valence-corrected chi connectivity index (χ2v) is 18.9. The van der Waals surface area contributed by atoms with Crippen LogP contribution in [0.4, 0.5) is 4.79 Å². The highest BCUT2D eigenvalue weighted by Crippen LogP contribution is 2.34. The van der Waals surface area contributed by atoms with Crippen LogP contribution >= 0.6 is 0 Å². The number of aliphatic hydroxyl groups is 1. The first-order valence-electron chi connectivity index (χ1n) is 22.0. The number of benzene rings is 3. The molecule has 6 atom stereocenters. The molecule has 1 fully saturated rings. The Hall–Kier alpha value is -5.63. The molecular formula is C50H64N6O7. The zero-order chi connectivity index (χ0) is 45.1. The Labute approximate surface area is 372 Å². The number of amides is 3. The number of nitrogens with one attached hydrogen (secondary N) is 3. The van der Waals surface area contributed by atoms with Gasteiger partial charge in [0.1, 0.15) is 23.8 Å². The molecule has 1 aromatic heterocycles. The predicted octanol–water partition coefficient (Wildman–Crippen LogP) is 5.55. The molecule has 4 aromatic rings. The molecule has 4 N–H and O–H groups in total. The van der Waals surface area contributed by atoms with Crippen molar-refractivity contribution < 1.29 is 33.8 Å². The Bertz CT molecular complexity index is 2130. The normalized spacial score (nSPS) is 19.5. The molecule has 2 aliphatic rings. The van der Waals surface area contributed by atoms with Crippen molar-refractivity contribution in [3.8, 4) is 0 Å². The maximum absolute atomic E-state index is 14.6. The lowest BCUT2D eigenvalue weighted by molar-refractivity contribution is -0.153. The highest BCUT2D eigenvalue weighted by atomic mass is 16.6. The highest BCUT2D eigenvalue weighted by Gasteiger charge is 2.40. The van der Waals surface area contributed by atoms with Crippen LogP contribution in [0.1, 0.15) is 81.8 Å². The van der Waals surface area contributed by atoms with Crippen molar-refractivity contribution in [2.45, 2.75) is 115 Å². The Kier molecular flexibility index (Phi) is 15.7. The van der Waals surface area contributed by atoms with Gasteiger partial charge in [-0.3, -0.25) is 24.4 Å². The van der Waals surface area contributed by atoms with Gasteiger partial charge in [-0.1, -0.05) is 91.0 Å². The van der Waals surface area contributed by atoms with Crippen molar-refractivity contribution in [3.63, 3.8) is 0 Å². The molecule has 2 heterocycles. The van der Waals surface area contributed by atoms with Crippen molar-refractivity contribution in [3.05, 3.63) is 137 Å². The molecule has 1 aliphatic carbocycles. The molecule has 0 bridgehead atoms. The van der Waals surface area contributed by atoms with Gasteiger partial charge >= 0.3 is 12.1 Å². The first kappa shape index (κ1) is 46.9. The lowest BCUT2D eigenvalue weighted by Crippen LogP contribution is -2.61. The van der Waals surface area contributed by atoms with Crippen LogP contribution in [0.15, 0.2) is 109 Å². The molecule has 3 aromatic carbocycles. The third-order valence-corrected chi connectivity index (χ3v) is 11.2. The lowest BCUT2D eigenvalue weighted by Gasteiger charge is -2.42. The topological polar surface area (TPSA) is 162 Å². The van der Waals surface area contributed by atoms with Crippen molar-refractivity contribution >= 4 is 23.9 Å². The second-order valence-electron chi connectivity index (χ2n) is 18.9. The minimum Gasteiger partial charge on any atom is -0.458 e. The first-order chi connectivity index (χ1) is 30.0.